The molecule has 1 nitrogen and oxygen atoms in total. The number of aryl methyl sites for hydroxylation is 2. The molecule has 0 unspecified atom stereocenters. The average Bonchev–Trinajstić information content (AvgIpc) is 2.55. The first-order chi connectivity index (χ1) is 11.5. The number of rotatable bonds is 3. The summed E-state index contributed by atoms with van der Waals surface area (Å²) in [6.45, 7) is 0.564. The zero-order valence-corrected chi connectivity index (χ0v) is 13.4. The lowest BCUT2D eigenvalue weighted by Crippen LogP contribution is -2.08. The highest BCUT2D eigenvalue weighted by atomic mass is 19.4. The van der Waals surface area contributed by atoms with E-state index in [1.165, 1.54) is 17.7 Å². The number of nitrogens with two attached hydrogens (primary N) is 1. The zero-order chi connectivity index (χ0) is 17.2. The highest BCUT2D eigenvalue weighted by Crippen LogP contribution is 2.35. The van der Waals surface area contributed by atoms with Gasteiger partial charge < -0.3 is 5.73 Å². The van der Waals surface area contributed by atoms with Gasteiger partial charge in [-0.05, 0) is 72.2 Å². The third kappa shape index (κ3) is 3.54. The summed E-state index contributed by atoms with van der Waals surface area (Å²) < 4.78 is 39.1. The summed E-state index contributed by atoms with van der Waals surface area (Å²) >= 11 is 0. The molecule has 0 fully saturated rings. The first kappa shape index (κ1) is 16.8. The second kappa shape index (κ2) is 6.81. The summed E-state index contributed by atoms with van der Waals surface area (Å²) in [5.74, 6) is 0. The lowest BCUT2D eigenvalue weighted by atomic mass is 9.86. The molecule has 0 heterocycles. The number of benzene rings is 2. The predicted octanol–water partition coefficient (Wildman–Crippen LogP) is 5.08. The average molecular weight is 331 g/mol. The zero-order valence-electron chi connectivity index (χ0n) is 13.4. The Morgan fingerprint density at radius 2 is 1.71 bits per heavy atom. The van der Waals surface area contributed by atoms with Crippen molar-refractivity contribution in [2.24, 2.45) is 5.73 Å². The van der Waals surface area contributed by atoms with E-state index in [4.69, 9.17) is 5.73 Å². The molecule has 0 aliphatic heterocycles. The lowest BCUT2D eigenvalue weighted by Gasteiger charge is -2.19. The van der Waals surface area contributed by atoms with Crippen LogP contribution in [0.1, 0.15) is 40.7 Å². The molecule has 0 spiro atoms. The Kier molecular flexibility index (Phi) is 4.76. The van der Waals surface area contributed by atoms with Crippen molar-refractivity contribution >= 4 is 11.6 Å². The summed E-state index contributed by atoms with van der Waals surface area (Å²) in [5.41, 5.74) is 10.1. The Hall–Kier alpha value is -2.07. The van der Waals surface area contributed by atoms with E-state index in [0.29, 0.717) is 12.1 Å². The second-order valence-corrected chi connectivity index (χ2v) is 6.13. The summed E-state index contributed by atoms with van der Waals surface area (Å²) in [6.07, 6.45) is 0.746. The molecule has 24 heavy (non-hydrogen) atoms. The molecule has 0 radical (unpaired) electrons. The van der Waals surface area contributed by atoms with Gasteiger partial charge in [0, 0.05) is 0 Å². The van der Waals surface area contributed by atoms with Gasteiger partial charge >= 0.3 is 6.18 Å². The summed E-state index contributed by atoms with van der Waals surface area (Å²) in [6, 6.07) is 12.2. The van der Waals surface area contributed by atoms with Gasteiger partial charge in [0.15, 0.2) is 0 Å². The van der Waals surface area contributed by atoms with Gasteiger partial charge in [-0.1, -0.05) is 36.4 Å². The molecule has 0 saturated carbocycles. The minimum absolute atomic E-state index is 0.564. The molecule has 1 aliphatic rings. The Labute approximate surface area is 140 Å². The Morgan fingerprint density at radius 3 is 2.46 bits per heavy atom. The largest absolute Gasteiger partial charge is 0.416 e. The van der Waals surface area contributed by atoms with E-state index in [1.807, 2.05) is 18.2 Å². The summed E-state index contributed by atoms with van der Waals surface area (Å²) in [4.78, 5) is 0. The third-order valence-corrected chi connectivity index (χ3v) is 4.48. The Morgan fingerprint density at radius 1 is 0.958 bits per heavy atom. The van der Waals surface area contributed by atoms with Crippen molar-refractivity contribution in [1.29, 1.82) is 0 Å². The number of fused-ring (bicyclic) bond motifs is 2. The van der Waals surface area contributed by atoms with Gasteiger partial charge in [-0.2, -0.15) is 13.2 Å². The standard InChI is InChI=1S/C20H20F3N/c21-20(22,23)18-10-9-14-7-8-15-4-1-2-6-19(15)16(5-3-11-24)12-17(14)13-18/h1-2,4,6,9-10,12-13H,3,5,7-8,11,24H2. The lowest BCUT2D eigenvalue weighted by molar-refractivity contribution is -0.137. The molecule has 3 rings (SSSR count). The van der Waals surface area contributed by atoms with Crippen LogP contribution in [0, 0.1) is 0 Å². The third-order valence-electron chi connectivity index (χ3n) is 4.48. The van der Waals surface area contributed by atoms with Crippen molar-refractivity contribution in [1.82, 2.24) is 0 Å². The van der Waals surface area contributed by atoms with E-state index < -0.39 is 11.7 Å². The SMILES string of the molecule is NCCCC1=Cc2cc(C(F)(F)F)ccc2CCc2ccccc21. The number of alkyl halides is 3. The highest BCUT2D eigenvalue weighted by molar-refractivity contribution is 5.84. The second-order valence-electron chi connectivity index (χ2n) is 6.13. The maximum Gasteiger partial charge on any atom is 0.416 e. The van der Waals surface area contributed by atoms with E-state index in [1.54, 1.807) is 6.07 Å². The maximum absolute atomic E-state index is 13.0. The summed E-state index contributed by atoms with van der Waals surface area (Å²) in [7, 11) is 0. The van der Waals surface area contributed by atoms with E-state index in [9.17, 15) is 13.2 Å². The van der Waals surface area contributed by atoms with Gasteiger partial charge in [0.05, 0.1) is 5.56 Å². The molecule has 4 heteroatoms. The molecule has 0 amide bonds. The van der Waals surface area contributed by atoms with E-state index >= 15 is 0 Å². The van der Waals surface area contributed by atoms with E-state index in [0.717, 1.165) is 42.4 Å². The molecule has 0 bridgehead atoms. The topological polar surface area (TPSA) is 26.0 Å². The van der Waals surface area contributed by atoms with Gasteiger partial charge in [-0.15, -0.1) is 0 Å². The van der Waals surface area contributed by atoms with Gasteiger partial charge in [-0.3, -0.25) is 0 Å². The first-order valence-electron chi connectivity index (χ1n) is 8.18. The quantitative estimate of drug-likeness (QED) is 0.833. The fourth-order valence-electron chi connectivity index (χ4n) is 3.22. The molecule has 1 aliphatic carbocycles. The molecular weight excluding hydrogens is 311 g/mol. The van der Waals surface area contributed by atoms with Gasteiger partial charge in [-0.25, -0.2) is 0 Å². The minimum atomic E-state index is -4.32. The molecule has 2 aromatic carbocycles. The van der Waals surface area contributed by atoms with Crippen LogP contribution in [0.25, 0.3) is 11.6 Å². The van der Waals surface area contributed by atoms with Gasteiger partial charge in [0.2, 0.25) is 0 Å². The molecule has 2 N–H and O–H groups in total. The number of allylic oxidation sites excluding steroid dienone is 1. The van der Waals surface area contributed by atoms with Crippen molar-refractivity contribution in [3.8, 4) is 0 Å². The van der Waals surface area contributed by atoms with E-state index in [-0.39, 0.29) is 0 Å². The van der Waals surface area contributed by atoms with Crippen molar-refractivity contribution in [3.05, 3.63) is 70.3 Å². The molecule has 126 valence electrons. The van der Waals surface area contributed by atoms with Crippen LogP contribution in [-0.2, 0) is 19.0 Å². The minimum Gasteiger partial charge on any atom is -0.330 e. The van der Waals surface area contributed by atoms with Crippen molar-refractivity contribution < 1.29 is 13.2 Å². The molecule has 0 saturated heterocycles. The monoisotopic (exact) mass is 331 g/mol. The van der Waals surface area contributed by atoms with Crippen molar-refractivity contribution in [2.75, 3.05) is 6.54 Å². The van der Waals surface area contributed by atoms with Gasteiger partial charge in [0.1, 0.15) is 0 Å². The highest BCUT2D eigenvalue weighted by Gasteiger charge is 2.31. The van der Waals surface area contributed by atoms with Crippen LogP contribution >= 0.6 is 0 Å². The fourth-order valence-corrected chi connectivity index (χ4v) is 3.22. The molecule has 2 aromatic rings. The normalized spacial score (nSPS) is 14.2. The van der Waals surface area contributed by atoms with Crippen LogP contribution in [0.3, 0.4) is 0 Å². The molecular formula is C20H20F3N. The van der Waals surface area contributed by atoms with Crippen molar-refractivity contribution in [3.63, 3.8) is 0 Å². The van der Waals surface area contributed by atoms with Crippen LogP contribution in [0.2, 0.25) is 0 Å². The number of hydrogen-bond donors (Lipinski definition) is 1. The Bertz CT molecular complexity index is 760. The number of hydrogen-bond acceptors (Lipinski definition) is 1. The van der Waals surface area contributed by atoms with E-state index in [2.05, 4.69) is 12.1 Å². The van der Waals surface area contributed by atoms with Crippen LogP contribution in [0.4, 0.5) is 13.2 Å². The van der Waals surface area contributed by atoms with Crippen molar-refractivity contribution in [2.45, 2.75) is 31.9 Å². The Balaban J connectivity index is 2.12. The van der Waals surface area contributed by atoms with Crippen LogP contribution in [-0.4, -0.2) is 6.54 Å². The molecule has 0 atom stereocenters. The summed E-state index contributed by atoms with van der Waals surface area (Å²) in [5, 5.41) is 0. The molecule has 0 aromatic heterocycles. The van der Waals surface area contributed by atoms with Crippen LogP contribution < -0.4 is 5.73 Å². The van der Waals surface area contributed by atoms with Crippen LogP contribution in [0.5, 0.6) is 0 Å². The van der Waals surface area contributed by atoms with Crippen LogP contribution in [0.15, 0.2) is 42.5 Å². The fraction of sp³-hybridized carbons (Fsp3) is 0.300. The van der Waals surface area contributed by atoms with Gasteiger partial charge in [0.25, 0.3) is 0 Å². The number of halogens is 3. The maximum atomic E-state index is 13.0. The first-order valence-corrected chi connectivity index (χ1v) is 8.18. The smallest absolute Gasteiger partial charge is 0.330 e. The predicted molar refractivity (Wildman–Crippen MR) is 91.5 cm³/mol.